The molecule has 1 unspecified atom stereocenters. The van der Waals surface area contributed by atoms with Gasteiger partial charge in [-0.3, -0.25) is 0 Å². The highest BCUT2D eigenvalue weighted by Gasteiger charge is 2.30. The molecule has 0 spiro atoms. The smallest absolute Gasteiger partial charge is 0.0628 e. The zero-order valence-corrected chi connectivity index (χ0v) is 11.6. The Labute approximate surface area is 80.0 Å². The van der Waals surface area contributed by atoms with Crippen LogP contribution in [0.4, 0.5) is 0 Å². The van der Waals surface area contributed by atoms with Crippen molar-refractivity contribution in [2.75, 3.05) is 13.2 Å². The van der Waals surface area contributed by atoms with Crippen LogP contribution in [0.25, 0.3) is 0 Å². The van der Waals surface area contributed by atoms with Gasteiger partial charge in [-0.2, -0.15) is 0 Å². The lowest BCUT2D eigenvalue weighted by molar-refractivity contribution is 0.933. The quantitative estimate of drug-likeness (QED) is 0.678. The lowest BCUT2D eigenvalue weighted by Gasteiger charge is -2.31. The van der Waals surface area contributed by atoms with Crippen LogP contribution in [-0.2, 0) is 0 Å². The molecular formula is C9H25NSi2. The van der Waals surface area contributed by atoms with Crippen molar-refractivity contribution < 1.29 is 0 Å². The molecule has 0 aliphatic heterocycles. The van der Waals surface area contributed by atoms with Gasteiger partial charge >= 0.3 is 0 Å². The summed E-state index contributed by atoms with van der Waals surface area (Å²) in [7, 11) is 0.351. The van der Waals surface area contributed by atoms with E-state index in [1.54, 1.807) is 5.67 Å². The standard InChI is InChI=1S/C9H25NSi2/c1-7-12(6,8-10-2)9-11(3,4)5/h10H,7-9H2,1-6H3. The summed E-state index contributed by atoms with van der Waals surface area (Å²) in [5, 5.41) is 3.37. The minimum absolute atomic E-state index is 0.829. The van der Waals surface area contributed by atoms with E-state index in [2.05, 4.69) is 45.5 Å². The Balaban J connectivity index is 4.14. The molecule has 1 N–H and O–H groups in total. The number of hydrogen-bond donors (Lipinski definition) is 1. The summed E-state index contributed by atoms with van der Waals surface area (Å²) in [5.74, 6) is 0. The third-order valence-corrected chi connectivity index (χ3v) is 13.0. The lowest BCUT2D eigenvalue weighted by Crippen LogP contribution is -2.46. The second-order valence-electron chi connectivity index (χ2n) is 5.43. The Morgan fingerprint density at radius 3 is 1.83 bits per heavy atom. The normalized spacial score (nSPS) is 17.5. The van der Waals surface area contributed by atoms with Crippen LogP contribution in [0.15, 0.2) is 0 Å². The first kappa shape index (κ1) is 12.4. The Kier molecular flexibility index (Phi) is 4.73. The summed E-state index contributed by atoms with van der Waals surface area (Å²) >= 11 is 0. The highest BCUT2D eigenvalue weighted by atomic mass is 28.4. The molecule has 1 atom stereocenters. The maximum atomic E-state index is 3.37. The van der Waals surface area contributed by atoms with Crippen molar-refractivity contribution >= 4 is 16.1 Å². The first-order valence-corrected chi connectivity index (χ1v) is 11.8. The molecule has 1 nitrogen and oxygen atoms in total. The molecule has 0 saturated carbocycles. The summed E-state index contributed by atoms with van der Waals surface area (Å²) in [6, 6.07) is 1.43. The van der Waals surface area contributed by atoms with E-state index in [1.807, 2.05) is 0 Å². The summed E-state index contributed by atoms with van der Waals surface area (Å²) < 4.78 is 0. The maximum absolute atomic E-state index is 3.37. The largest absolute Gasteiger partial charge is 0.322 e. The minimum atomic E-state index is -0.908. The fourth-order valence-corrected chi connectivity index (χ4v) is 14.9. The van der Waals surface area contributed by atoms with E-state index in [0.29, 0.717) is 0 Å². The molecule has 12 heavy (non-hydrogen) atoms. The molecule has 0 aliphatic carbocycles. The van der Waals surface area contributed by atoms with Crippen LogP contribution < -0.4 is 5.32 Å². The Morgan fingerprint density at radius 1 is 1.08 bits per heavy atom. The molecule has 3 heteroatoms. The zero-order chi connectivity index (χ0) is 9.83. The predicted molar refractivity (Wildman–Crippen MR) is 64.2 cm³/mol. The van der Waals surface area contributed by atoms with E-state index in [0.717, 1.165) is 0 Å². The Hall–Kier alpha value is 0.394. The van der Waals surface area contributed by atoms with Crippen molar-refractivity contribution in [3.8, 4) is 0 Å². The van der Waals surface area contributed by atoms with Crippen LogP contribution >= 0.6 is 0 Å². The molecule has 0 aromatic heterocycles. The van der Waals surface area contributed by atoms with Crippen molar-refractivity contribution in [2.45, 2.75) is 44.8 Å². The molecule has 0 heterocycles. The van der Waals surface area contributed by atoms with Crippen LogP contribution in [0.5, 0.6) is 0 Å². The van der Waals surface area contributed by atoms with Gasteiger partial charge in [-0.15, -0.1) is 0 Å². The van der Waals surface area contributed by atoms with Gasteiger partial charge in [-0.25, -0.2) is 0 Å². The predicted octanol–water partition coefficient (Wildman–Crippen LogP) is 2.72. The maximum Gasteiger partial charge on any atom is 0.0628 e. The van der Waals surface area contributed by atoms with Crippen LogP contribution in [0, 0.1) is 0 Å². The van der Waals surface area contributed by atoms with E-state index >= 15 is 0 Å². The minimum Gasteiger partial charge on any atom is -0.322 e. The molecule has 0 saturated heterocycles. The summed E-state index contributed by atoms with van der Waals surface area (Å²) in [5.41, 5.74) is 1.57. The van der Waals surface area contributed by atoms with Crippen LogP contribution in [0.1, 0.15) is 6.92 Å². The van der Waals surface area contributed by atoms with Crippen molar-refractivity contribution in [3.05, 3.63) is 0 Å². The van der Waals surface area contributed by atoms with Gasteiger partial charge in [-0.05, 0) is 13.2 Å². The van der Waals surface area contributed by atoms with Crippen LogP contribution in [-0.4, -0.2) is 29.4 Å². The molecule has 0 aliphatic rings. The zero-order valence-electron chi connectivity index (χ0n) is 9.62. The third kappa shape index (κ3) is 5.11. The van der Waals surface area contributed by atoms with Gasteiger partial charge in [0.25, 0.3) is 0 Å². The summed E-state index contributed by atoms with van der Waals surface area (Å²) in [6.45, 7) is 12.4. The Bertz CT molecular complexity index is 131. The van der Waals surface area contributed by atoms with Crippen molar-refractivity contribution in [1.82, 2.24) is 5.32 Å². The topological polar surface area (TPSA) is 12.0 Å². The van der Waals surface area contributed by atoms with Gasteiger partial charge in [0.2, 0.25) is 0 Å². The third-order valence-electron chi connectivity index (χ3n) is 2.41. The fourth-order valence-electron chi connectivity index (χ4n) is 2.02. The van der Waals surface area contributed by atoms with E-state index in [4.69, 9.17) is 0 Å². The van der Waals surface area contributed by atoms with Gasteiger partial charge in [0, 0.05) is 8.07 Å². The molecule has 0 bridgehead atoms. The van der Waals surface area contributed by atoms with E-state index in [9.17, 15) is 0 Å². The molecule has 0 amide bonds. The lowest BCUT2D eigenvalue weighted by atomic mass is 11.0. The highest BCUT2D eigenvalue weighted by molar-refractivity contribution is 6.95. The monoisotopic (exact) mass is 203 g/mol. The first-order chi connectivity index (χ1) is 5.33. The summed E-state index contributed by atoms with van der Waals surface area (Å²) in [4.78, 5) is 0. The van der Waals surface area contributed by atoms with Crippen molar-refractivity contribution in [2.24, 2.45) is 0 Å². The number of rotatable bonds is 5. The summed E-state index contributed by atoms with van der Waals surface area (Å²) in [6.07, 6.45) is 1.30. The van der Waals surface area contributed by atoms with E-state index in [-0.39, 0.29) is 0 Å². The molecule has 0 fully saturated rings. The molecule has 0 aromatic carbocycles. The van der Waals surface area contributed by atoms with Gasteiger partial charge in [0.1, 0.15) is 0 Å². The van der Waals surface area contributed by atoms with Crippen LogP contribution in [0.2, 0.25) is 37.9 Å². The van der Waals surface area contributed by atoms with Crippen molar-refractivity contribution in [3.63, 3.8) is 0 Å². The number of nitrogens with one attached hydrogen (secondary N) is 1. The highest BCUT2D eigenvalue weighted by Crippen LogP contribution is 2.22. The Morgan fingerprint density at radius 2 is 1.58 bits per heavy atom. The second-order valence-corrected chi connectivity index (χ2v) is 16.6. The van der Waals surface area contributed by atoms with Gasteiger partial charge in [0.05, 0.1) is 8.07 Å². The molecule has 0 aromatic rings. The first-order valence-electron chi connectivity index (χ1n) is 4.97. The SMILES string of the molecule is CC[Si](C)(CNC)C[Si](C)(C)C. The van der Waals surface area contributed by atoms with Gasteiger partial charge in [-0.1, -0.05) is 44.8 Å². The van der Waals surface area contributed by atoms with Gasteiger partial charge in [0.15, 0.2) is 0 Å². The van der Waals surface area contributed by atoms with Crippen molar-refractivity contribution in [1.29, 1.82) is 0 Å². The van der Waals surface area contributed by atoms with E-state index < -0.39 is 16.1 Å². The number of hydrogen-bond acceptors (Lipinski definition) is 1. The second kappa shape index (κ2) is 4.58. The molecule has 74 valence electrons. The average Bonchev–Trinajstić information content (AvgIpc) is 1.84. The average molecular weight is 203 g/mol. The molecule has 0 rings (SSSR count). The van der Waals surface area contributed by atoms with Gasteiger partial charge < -0.3 is 5.32 Å². The van der Waals surface area contributed by atoms with Crippen LogP contribution in [0.3, 0.4) is 0 Å². The molecule has 0 radical (unpaired) electrons. The molecular weight excluding hydrogens is 178 g/mol. The van der Waals surface area contributed by atoms with E-state index in [1.165, 1.54) is 12.2 Å². The fraction of sp³-hybridized carbons (Fsp3) is 1.00.